The number of pyridine rings is 1. The molecule has 0 bridgehead atoms. The maximum atomic E-state index is 12.5. The molecule has 22 heavy (non-hydrogen) atoms. The highest BCUT2D eigenvalue weighted by Gasteiger charge is 2.27. The quantitative estimate of drug-likeness (QED) is 0.717. The molecule has 1 aromatic heterocycles. The highest BCUT2D eigenvalue weighted by atomic mass is 32.2. The van der Waals surface area contributed by atoms with Gasteiger partial charge in [-0.1, -0.05) is 13.0 Å². The topological polar surface area (TPSA) is 97.5 Å². The van der Waals surface area contributed by atoms with Crippen molar-refractivity contribution in [2.24, 2.45) is 0 Å². The SMILES string of the molecule is CCc1cc(N)cnc1S(=O)Nc1ccc2c(c1)B(O)OC2. The predicted octanol–water partition coefficient (Wildman–Crippen LogP) is 0.579. The van der Waals surface area contributed by atoms with E-state index in [-0.39, 0.29) is 0 Å². The molecule has 0 radical (unpaired) electrons. The van der Waals surface area contributed by atoms with Gasteiger partial charge in [-0.2, -0.15) is 0 Å². The number of rotatable bonds is 4. The number of nitrogen functional groups attached to an aromatic ring is 1. The molecule has 6 nitrogen and oxygen atoms in total. The monoisotopic (exact) mass is 317 g/mol. The lowest BCUT2D eigenvalue weighted by Gasteiger charge is -2.10. The van der Waals surface area contributed by atoms with E-state index in [2.05, 4.69) is 9.71 Å². The highest BCUT2D eigenvalue weighted by Crippen LogP contribution is 2.19. The van der Waals surface area contributed by atoms with Gasteiger partial charge in [0.25, 0.3) is 0 Å². The number of aryl methyl sites for hydroxylation is 1. The Morgan fingerprint density at radius 2 is 2.32 bits per heavy atom. The molecule has 0 saturated carbocycles. The summed E-state index contributed by atoms with van der Waals surface area (Å²) in [5, 5.41) is 10.2. The average molecular weight is 317 g/mol. The number of hydrogen-bond donors (Lipinski definition) is 3. The summed E-state index contributed by atoms with van der Waals surface area (Å²) in [5.41, 5.74) is 9.38. The van der Waals surface area contributed by atoms with E-state index in [0.717, 1.165) is 11.1 Å². The molecule has 0 amide bonds. The fourth-order valence-corrected chi connectivity index (χ4v) is 3.40. The van der Waals surface area contributed by atoms with E-state index in [1.165, 1.54) is 6.20 Å². The van der Waals surface area contributed by atoms with Crippen LogP contribution in [-0.2, 0) is 28.7 Å². The fourth-order valence-electron chi connectivity index (χ4n) is 2.37. The van der Waals surface area contributed by atoms with Crippen LogP contribution in [0.5, 0.6) is 0 Å². The molecular weight excluding hydrogens is 301 g/mol. The smallest absolute Gasteiger partial charge is 0.423 e. The van der Waals surface area contributed by atoms with Crippen LogP contribution in [0.15, 0.2) is 35.5 Å². The van der Waals surface area contributed by atoms with Gasteiger partial charge in [-0.15, -0.1) is 0 Å². The number of anilines is 2. The van der Waals surface area contributed by atoms with Crippen LogP contribution in [0.25, 0.3) is 0 Å². The van der Waals surface area contributed by atoms with Crippen LogP contribution in [0.1, 0.15) is 18.1 Å². The Morgan fingerprint density at radius 3 is 3.09 bits per heavy atom. The summed E-state index contributed by atoms with van der Waals surface area (Å²) in [6.45, 7) is 2.35. The van der Waals surface area contributed by atoms with Crippen molar-refractivity contribution in [2.45, 2.75) is 25.0 Å². The van der Waals surface area contributed by atoms with Gasteiger partial charge in [-0.25, -0.2) is 9.19 Å². The molecule has 1 aromatic carbocycles. The van der Waals surface area contributed by atoms with Gasteiger partial charge in [-0.05, 0) is 41.2 Å². The minimum atomic E-state index is -1.50. The maximum absolute atomic E-state index is 12.5. The molecule has 0 spiro atoms. The molecule has 0 aliphatic carbocycles. The normalized spacial score (nSPS) is 14.7. The lowest BCUT2D eigenvalue weighted by Crippen LogP contribution is -2.28. The first-order valence-corrected chi connectivity index (χ1v) is 8.08. The first kappa shape index (κ1) is 15.0. The van der Waals surface area contributed by atoms with Gasteiger partial charge < -0.3 is 15.4 Å². The molecule has 1 atom stereocenters. The van der Waals surface area contributed by atoms with Crippen molar-refractivity contribution in [1.29, 1.82) is 0 Å². The summed E-state index contributed by atoms with van der Waals surface area (Å²) < 4.78 is 20.5. The average Bonchev–Trinajstić information content (AvgIpc) is 2.88. The van der Waals surface area contributed by atoms with Crippen molar-refractivity contribution < 1.29 is 13.9 Å². The fraction of sp³-hybridized carbons (Fsp3) is 0.214. The van der Waals surface area contributed by atoms with Crippen LogP contribution in [0.3, 0.4) is 0 Å². The number of nitrogens with two attached hydrogens (primary N) is 1. The summed E-state index contributed by atoms with van der Waals surface area (Å²) in [7, 11) is -2.43. The molecule has 2 aromatic rings. The van der Waals surface area contributed by atoms with Crippen molar-refractivity contribution in [1.82, 2.24) is 4.98 Å². The van der Waals surface area contributed by atoms with Crippen molar-refractivity contribution in [3.8, 4) is 0 Å². The number of nitrogens with zero attached hydrogens (tertiary/aromatic N) is 1. The van der Waals surface area contributed by atoms with Crippen LogP contribution < -0.4 is 15.9 Å². The Bertz CT molecular complexity index is 741. The predicted molar refractivity (Wildman–Crippen MR) is 86.9 cm³/mol. The van der Waals surface area contributed by atoms with Crippen LogP contribution in [0, 0.1) is 0 Å². The zero-order valence-electron chi connectivity index (χ0n) is 12.1. The molecule has 8 heteroatoms. The molecular formula is C14H16BN3O3S. The Balaban J connectivity index is 1.85. The van der Waals surface area contributed by atoms with E-state index < -0.39 is 18.1 Å². The Labute approximate surface area is 131 Å². The molecule has 4 N–H and O–H groups in total. The number of benzene rings is 1. The largest absolute Gasteiger partial charge is 0.491 e. The van der Waals surface area contributed by atoms with E-state index in [9.17, 15) is 9.23 Å². The molecule has 1 aliphatic heterocycles. The molecule has 1 unspecified atom stereocenters. The summed E-state index contributed by atoms with van der Waals surface area (Å²) in [6.07, 6.45) is 2.19. The second-order valence-corrected chi connectivity index (χ2v) is 6.16. The van der Waals surface area contributed by atoms with Gasteiger partial charge in [0.05, 0.1) is 18.5 Å². The third-order valence-corrected chi connectivity index (χ3v) is 4.66. The van der Waals surface area contributed by atoms with E-state index in [1.54, 1.807) is 18.2 Å². The first-order valence-electron chi connectivity index (χ1n) is 6.93. The van der Waals surface area contributed by atoms with Crippen LogP contribution >= 0.6 is 0 Å². The molecule has 3 rings (SSSR count). The Kier molecular flexibility index (Phi) is 4.15. The van der Waals surface area contributed by atoms with Crippen molar-refractivity contribution in [3.63, 3.8) is 0 Å². The summed E-state index contributed by atoms with van der Waals surface area (Å²) in [6, 6.07) is 7.18. The zero-order valence-corrected chi connectivity index (χ0v) is 12.9. The van der Waals surface area contributed by atoms with Gasteiger partial charge >= 0.3 is 7.12 Å². The van der Waals surface area contributed by atoms with Gasteiger partial charge in [0.15, 0.2) is 16.0 Å². The molecule has 114 valence electrons. The minimum Gasteiger partial charge on any atom is -0.423 e. The highest BCUT2D eigenvalue weighted by molar-refractivity contribution is 7.86. The van der Waals surface area contributed by atoms with Crippen molar-refractivity contribution in [2.75, 3.05) is 10.5 Å². The standard InChI is InChI=1S/C14H16BN3O3S/c1-2-9-5-11(16)7-17-14(9)22(20)18-12-4-3-10-8-21-15(19)13(10)6-12/h3-7,18-19H,2,8,16H2,1H3. The molecule has 0 saturated heterocycles. The van der Waals surface area contributed by atoms with Gasteiger partial charge in [0.2, 0.25) is 0 Å². The maximum Gasteiger partial charge on any atom is 0.491 e. The lowest BCUT2D eigenvalue weighted by atomic mass is 9.79. The third-order valence-electron chi connectivity index (χ3n) is 3.52. The third kappa shape index (κ3) is 2.85. The van der Waals surface area contributed by atoms with Gasteiger partial charge in [0, 0.05) is 5.69 Å². The van der Waals surface area contributed by atoms with Gasteiger partial charge in [-0.3, -0.25) is 4.72 Å². The number of nitrogens with one attached hydrogen (secondary N) is 1. The van der Waals surface area contributed by atoms with Crippen LogP contribution in [-0.4, -0.2) is 21.3 Å². The first-order chi connectivity index (χ1) is 10.6. The second kappa shape index (κ2) is 6.08. The molecule has 1 aliphatic rings. The molecule has 0 fully saturated rings. The van der Waals surface area contributed by atoms with Crippen molar-refractivity contribution in [3.05, 3.63) is 41.6 Å². The van der Waals surface area contributed by atoms with E-state index in [4.69, 9.17) is 10.4 Å². The zero-order chi connectivity index (χ0) is 15.7. The summed E-state index contributed by atoms with van der Waals surface area (Å²) in [5.74, 6) is 0. The molecule has 2 heterocycles. The van der Waals surface area contributed by atoms with Crippen LogP contribution in [0.4, 0.5) is 11.4 Å². The van der Waals surface area contributed by atoms with E-state index >= 15 is 0 Å². The summed E-state index contributed by atoms with van der Waals surface area (Å²) >= 11 is 0. The van der Waals surface area contributed by atoms with E-state index in [0.29, 0.717) is 34.9 Å². The summed E-state index contributed by atoms with van der Waals surface area (Å²) in [4.78, 5) is 4.17. The minimum absolute atomic E-state index is 0.388. The van der Waals surface area contributed by atoms with Crippen LogP contribution in [0.2, 0.25) is 0 Å². The van der Waals surface area contributed by atoms with Crippen molar-refractivity contribution >= 4 is 34.9 Å². The van der Waals surface area contributed by atoms with Gasteiger partial charge in [0.1, 0.15) is 0 Å². The Morgan fingerprint density at radius 1 is 1.50 bits per heavy atom. The van der Waals surface area contributed by atoms with E-state index in [1.807, 2.05) is 13.0 Å². The second-order valence-electron chi connectivity index (χ2n) is 5.03. The number of fused-ring (bicyclic) bond motifs is 1. The number of hydrogen-bond acceptors (Lipinski definition) is 5. The Hall–Kier alpha value is -1.90. The number of aromatic nitrogens is 1. The lowest BCUT2D eigenvalue weighted by molar-refractivity contribution is 0.275.